The van der Waals surface area contributed by atoms with Crippen LogP contribution in [-0.2, 0) is 6.54 Å². The molecule has 0 bridgehead atoms. The molecule has 0 fully saturated rings. The fourth-order valence-corrected chi connectivity index (χ4v) is 2.20. The molecule has 20 heavy (non-hydrogen) atoms. The average Bonchev–Trinajstić information content (AvgIpc) is 2.86. The maximum atomic E-state index is 5.82. The van der Waals surface area contributed by atoms with Gasteiger partial charge in [0.25, 0.3) is 0 Å². The first kappa shape index (κ1) is 16.7. The second-order valence-corrected chi connectivity index (χ2v) is 5.04. The minimum atomic E-state index is 0. The van der Waals surface area contributed by atoms with Crippen LogP contribution in [0.3, 0.4) is 0 Å². The van der Waals surface area contributed by atoms with Gasteiger partial charge in [-0.15, -0.1) is 35.3 Å². The summed E-state index contributed by atoms with van der Waals surface area (Å²) in [6, 6.07) is 9.72. The van der Waals surface area contributed by atoms with Crippen LogP contribution in [0.4, 0.5) is 10.8 Å². The molecule has 5 nitrogen and oxygen atoms in total. The number of halogens is 1. The maximum absolute atomic E-state index is 5.82. The van der Waals surface area contributed by atoms with Gasteiger partial charge in [-0.05, 0) is 12.1 Å². The number of nitrogens with zero attached hydrogens (tertiary/aromatic N) is 3. The quantitative estimate of drug-likeness (QED) is 0.468. The Morgan fingerprint density at radius 3 is 2.65 bits per heavy atom. The highest BCUT2D eigenvalue weighted by Crippen LogP contribution is 2.18. The second-order valence-electron chi connectivity index (χ2n) is 4.21. The van der Waals surface area contributed by atoms with Crippen molar-refractivity contribution in [2.24, 2.45) is 10.7 Å². The van der Waals surface area contributed by atoms with Crippen molar-refractivity contribution in [3.8, 4) is 0 Å². The summed E-state index contributed by atoms with van der Waals surface area (Å²) in [5.74, 6) is 0.394. The Bertz CT molecular complexity index is 553. The van der Waals surface area contributed by atoms with Crippen molar-refractivity contribution in [3.05, 3.63) is 41.4 Å². The van der Waals surface area contributed by atoms with Gasteiger partial charge in [0, 0.05) is 25.2 Å². The third-order valence-corrected chi connectivity index (χ3v) is 3.44. The topological polar surface area (TPSA) is 66.5 Å². The molecule has 0 radical (unpaired) electrons. The van der Waals surface area contributed by atoms with E-state index in [1.54, 1.807) is 11.3 Å². The van der Waals surface area contributed by atoms with E-state index in [4.69, 9.17) is 5.73 Å². The molecule has 7 heteroatoms. The molecule has 3 N–H and O–H groups in total. The van der Waals surface area contributed by atoms with Crippen molar-refractivity contribution < 1.29 is 0 Å². The Kier molecular flexibility index (Phi) is 6.73. The Hall–Kier alpha value is -1.35. The monoisotopic (exact) mass is 403 g/mol. The van der Waals surface area contributed by atoms with E-state index in [-0.39, 0.29) is 24.0 Å². The number of aliphatic imine (C=N–C) groups is 1. The van der Waals surface area contributed by atoms with Gasteiger partial charge < -0.3 is 16.0 Å². The number of guanidine groups is 1. The van der Waals surface area contributed by atoms with E-state index in [9.17, 15) is 0 Å². The number of nitrogens with two attached hydrogens (primary N) is 1. The van der Waals surface area contributed by atoms with Crippen LogP contribution >= 0.6 is 35.3 Å². The molecule has 0 spiro atoms. The van der Waals surface area contributed by atoms with Crippen molar-refractivity contribution >= 4 is 52.1 Å². The second kappa shape index (κ2) is 8.05. The summed E-state index contributed by atoms with van der Waals surface area (Å²) in [7, 11) is 3.94. The predicted molar refractivity (Wildman–Crippen MR) is 97.2 cm³/mol. The molecule has 2 aromatic rings. The number of hydrogen-bond donors (Lipinski definition) is 2. The van der Waals surface area contributed by atoms with E-state index in [0.717, 1.165) is 16.5 Å². The summed E-state index contributed by atoms with van der Waals surface area (Å²) in [4.78, 5) is 10.7. The van der Waals surface area contributed by atoms with Crippen LogP contribution < -0.4 is 16.0 Å². The third-order valence-electron chi connectivity index (χ3n) is 2.38. The van der Waals surface area contributed by atoms with Crippen LogP contribution in [0, 0.1) is 0 Å². The van der Waals surface area contributed by atoms with Crippen molar-refractivity contribution in [1.82, 2.24) is 4.98 Å². The summed E-state index contributed by atoms with van der Waals surface area (Å²) >= 11 is 1.60. The highest BCUT2D eigenvalue weighted by Gasteiger charge is 2.03. The number of aromatic nitrogens is 1. The summed E-state index contributed by atoms with van der Waals surface area (Å²) in [6.07, 6.45) is 0. The Morgan fingerprint density at radius 2 is 2.05 bits per heavy atom. The van der Waals surface area contributed by atoms with Gasteiger partial charge in [0.1, 0.15) is 0 Å². The molecule has 0 aliphatic rings. The first-order valence-electron chi connectivity index (χ1n) is 5.89. The average molecular weight is 403 g/mol. The van der Waals surface area contributed by atoms with Gasteiger partial charge in [0.15, 0.2) is 11.1 Å². The van der Waals surface area contributed by atoms with E-state index < -0.39 is 0 Å². The van der Waals surface area contributed by atoms with Gasteiger partial charge in [-0.3, -0.25) is 0 Å². The lowest BCUT2D eigenvalue weighted by Gasteiger charge is -2.05. The summed E-state index contributed by atoms with van der Waals surface area (Å²) in [5, 5.41) is 6.00. The number of thiazole rings is 1. The van der Waals surface area contributed by atoms with Crippen LogP contribution in [0.25, 0.3) is 0 Å². The Morgan fingerprint density at radius 1 is 1.35 bits per heavy atom. The van der Waals surface area contributed by atoms with Crippen LogP contribution in [0.2, 0.25) is 0 Å². The molecule has 0 aliphatic carbocycles. The molecule has 2 rings (SSSR count). The van der Waals surface area contributed by atoms with Gasteiger partial charge in [-0.25, -0.2) is 9.98 Å². The molecular weight excluding hydrogens is 385 g/mol. The van der Waals surface area contributed by atoms with Crippen molar-refractivity contribution in [1.29, 1.82) is 0 Å². The molecule has 0 amide bonds. The predicted octanol–water partition coefficient (Wildman–Crippen LogP) is 2.75. The van der Waals surface area contributed by atoms with E-state index in [2.05, 4.69) is 15.3 Å². The Labute approximate surface area is 139 Å². The normalized spacial score (nSPS) is 10.8. The molecule has 0 saturated carbocycles. The summed E-state index contributed by atoms with van der Waals surface area (Å²) < 4.78 is 0. The fourth-order valence-electron chi connectivity index (χ4n) is 1.45. The third kappa shape index (κ3) is 4.97. The lowest BCUT2D eigenvalue weighted by atomic mass is 10.3. The highest BCUT2D eigenvalue weighted by atomic mass is 127. The molecule has 1 aromatic carbocycles. The largest absolute Gasteiger partial charge is 0.370 e. The molecule has 0 atom stereocenters. The standard InChI is InChI=1S/C13H17N5S.HI/c1-18(2)13-17-11(9-19-13)8-15-12(14)16-10-6-4-3-5-7-10;/h3-7,9H,8H2,1-2H3,(H3,14,15,16);1H. The number of nitrogens with one attached hydrogen (secondary N) is 1. The molecule has 0 unspecified atom stereocenters. The van der Waals surface area contributed by atoms with Crippen LogP contribution in [0.15, 0.2) is 40.7 Å². The smallest absolute Gasteiger partial charge is 0.193 e. The SMILES string of the molecule is CN(C)c1nc(CN=C(N)Nc2ccccc2)cs1.I. The van der Waals surface area contributed by atoms with Crippen LogP contribution in [-0.4, -0.2) is 25.0 Å². The molecule has 1 aromatic heterocycles. The zero-order valence-electron chi connectivity index (χ0n) is 11.4. The first-order valence-corrected chi connectivity index (χ1v) is 6.77. The van der Waals surface area contributed by atoms with E-state index >= 15 is 0 Å². The van der Waals surface area contributed by atoms with Gasteiger partial charge in [-0.2, -0.15) is 0 Å². The highest BCUT2D eigenvalue weighted by molar-refractivity contribution is 14.0. The van der Waals surface area contributed by atoms with E-state index in [0.29, 0.717) is 12.5 Å². The molecule has 108 valence electrons. The van der Waals surface area contributed by atoms with Crippen LogP contribution in [0.5, 0.6) is 0 Å². The van der Waals surface area contributed by atoms with Gasteiger partial charge >= 0.3 is 0 Å². The number of hydrogen-bond acceptors (Lipinski definition) is 4. The van der Waals surface area contributed by atoms with E-state index in [1.807, 2.05) is 54.7 Å². The number of benzene rings is 1. The minimum absolute atomic E-state index is 0. The Balaban J connectivity index is 0.00000200. The molecule has 0 saturated heterocycles. The van der Waals surface area contributed by atoms with Gasteiger partial charge in [0.2, 0.25) is 0 Å². The summed E-state index contributed by atoms with van der Waals surface area (Å²) in [6.45, 7) is 0.482. The number of rotatable bonds is 4. The van der Waals surface area contributed by atoms with Crippen molar-refractivity contribution in [3.63, 3.8) is 0 Å². The van der Waals surface area contributed by atoms with Gasteiger partial charge in [0.05, 0.1) is 12.2 Å². The van der Waals surface area contributed by atoms with E-state index in [1.165, 1.54) is 0 Å². The molecule has 0 aliphatic heterocycles. The number of anilines is 2. The van der Waals surface area contributed by atoms with Crippen molar-refractivity contribution in [2.45, 2.75) is 6.54 Å². The lowest BCUT2D eigenvalue weighted by molar-refractivity contribution is 0.986. The lowest BCUT2D eigenvalue weighted by Crippen LogP contribution is -2.22. The van der Waals surface area contributed by atoms with Crippen molar-refractivity contribution in [2.75, 3.05) is 24.3 Å². The molecular formula is C13H18IN5S. The van der Waals surface area contributed by atoms with Gasteiger partial charge in [-0.1, -0.05) is 18.2 Å². The number of para-hydroxylation sites is 1. The zero-order valence-corrected chi connectivity index (χ0v) is 14.6. The summed E-state index contributed by atoms with van der Waals surface area (Å²) in [5.41, 5.74) is 7.67. The molecule has 1 heterocycles. The maximum Gasteiger partial charge on any atom is 0.193 e. The van der Waals surface area contributed by atoms with Crippen LogP contribution in [0.1, 0.15) is 5.69 Å². The zero-order chi connectivity index (χ0) is 13.7. The minimum Gasteiger partial charge on any atom is -0.370 e. The first-order chi connectivity index (χ1) is 9.15. The fraction of sp³-hybridized carbons (Fsp3) is 0.231.